The molecule has 7 heteroatoms. The molecule has 1 aromatic rings. The molecule has 6 nitrogen and oxygen atoms in total. The normalized spacial score (nSPS) is 18.5. The van der Waals surface area contributed by atoms with E-state index >= 15 is 0 Å². The summed E-state index contributed by atoms with van der Waals surface area (Å²) in [5.41, 5.74) is 0. The van der Waals surface area contributed by atoms with Crippen molar-refractivity contribution >= 4 is 5.96 Å². The van der Waals surface area contributed by atoms with Gasteiger partial charge in [0.2, 0.25) is 0 Å². The van der Waals surface area contributed by atoms with Crippen LogP contribution in [0.15, 0.2) is 29.3 Å². The van der Waals surface area contributed by atoms with E-state index in [4.69, 9.17) is 4.74 Å². The summed E-state index contributed by atoms with van der Waals surface area (Å²) >= 11 is 0. The summed E-state index contributed by atoms with van der Waals surface area (Å²) in [6.45, 7) is 14.8. The van der Waals surface area contributed by atoms with E-state index in [1.165, 1.54) is 25.2 Å². The largest absolute Gasteiger partial charge is 0.489 e. The first-order valence-electron chi connectivity index (χ1n) is 10.3. The summed E-state index contributed by atoms with van der Waals surface area (Å²) in [6, 6.07) is 6.21. The van der Waals surface area contributed by atoms with Crippen LogP contribution in [0.1, 0.15) is 20.8 Å². The molecule has 0 amide bonds. The van der Waals surface area contributed by atoms with Crippen molar-refractivity contribution in [3.63, 3.8) is 0 Å². The molecule has 2 N–H and O–H groups in total. The highest BCUT2D eigenvalue weighted by Crippen LogP contribution is 2.13. The smallest absolute Gasteiger partial charge is 0.191 e. The van der Waals surface area contributed by atoms with Crippen LogP contribution >= 0.6 is 0 Å². The highest BCUT2D eigenvalue weighted by atomic mass is 19.1. The number of piperazine rings is 1. The zero-order chi connectivity index (χ0) is 20.4. The van der Waals surface area contributed by atoms with Gasteiger partial charge >= 0.3 is 0 Å². The first kappa shape index (κ1) is 22.4. The standard InChI is InChI=1S/C21H36FN5O/c1-5-26-9-11-27(12-10-26)16-17(2)14-24-21(23-4)25-15-18(3)28-20-8-6-7-19(22)13-20/h6-8,13,17-18H,5,9-12,14-16H2,1-4H3,(H2,23,24,25). The summed E-state index contributed by atoms with van der Waals surface area (Å²) in [5, 5.41) is 6.67. The minimum Gasteiger partial charge on any atom is -0.489 e. The van der Waals surface area contributed by atoms with Gasteiger partial charge < -0.3 is 25.2 Å². The van der Waals surface area contributed by atoms with Crippen molar-refractivity contribution in [2.45, 2.75) is 26.9 Å². The Kier molecular flexibility index (Phi) is 9.50. The summed E-state index contributed by atoms with van der Waals surface area (Å²) in [6.07, 6.45) is -0.104. The van der Waals surface area contributed by atoms with Gasteiger partial charge in [-0.1, -0.05) is 19.9 Å². The molecule has 1 aliphatic heterocycles. The topological polar surface area (TPSA) is 52.1 Å². The van der Waals surface area contributed by atoms with Gasteiger partial charge in [0.1, 0.15) is 17.7 Å². The molecule has 1 saturated heterocycles. The van der Waals surface area contributed by atoms with Crippen LogP contribution in [-0.4, -0.2) is 81.3 Å². The number of ether oxygens (including phenoxy) is 1. The van der Waals surface area contributed by atoms with Crippen LogP contribution in [0.4, 0.5) is 4.39 Å². The summed E-state index contributed by atoms with van der Waals surface area (Å²) < 4.78 is 19.0. The van der Waals surface area contributed by atoms with E-state index in [-0.39, 0.29) is 11.9 Å². The predicted molar refractivity (Wildman–Crippen MR) is 114 cm³/mol. The van der Waals surface area contributed by atoms with Crippen LogP contribution in [0.2, 0.25) is 0 Å². The van der Waals surface area contributed by atoms with Crippen LogP contribution in [0.3, 0.4) is 0 Å². The number of hydrogen-bond acceptors (Lipinski definition) is 4. The van der Waals surface area contributed by atoms with Crippen molar-refractivity contribution in [3.8, 4) is 5.75 Å². The highest BCUT2D eigenvalue weighted by molar-refractivity contribution is 5.79. The number of rotatable bonds is 9. The van der Waals surface area contributed by atoms with Crippen molar-refractivity contribution in [1.82, 2.24) is 20.4 Å². The molecule has 2 unspecified atom stereocenters. The third-order valence-corrected chi connectivity index (χ3v) is 5.01. The lowest BCUT2D eigenvalue weighted by molar-refractivity contribution is 0.124. The van der Waals surface area contributed by atoms with Gasteiger partial charge in [0.25, 0.3) is 0 Å². The van der Waals surface area contributed by atoms with Crippen LogP contribution in [0.25, 0.3) is 0 Å². The second kappa shape index (κ2) is 11.9. The third-order valence-electron chi connectivity index (χ3n) is 5.01. The van der Waals surface area contributed by atoms with Gasteiger partial charge in [-0.25, -0.2) is 4.39 Å². The minimum atomic E-state index is -0.291. The molecule has 28 heavy (non-hydrogen) atoms. The Bertz CT molecular complexity index is 604. The number of aliphatic imine (C=N–C) groups is 1. The first-order valence-corrected chi connectivity index (χ1v) is 10.3. The number of benzene rings is 1. The number of likely N-dealkylation sites (N-methyl/N-ethyl adjacent to an activating group) is 1. The Labute approximate surface area is 169 Å². The maximum Gasteiger partial charge on any atom is 0.191 e. The summed E-state index contributed by atoms with van der Waals surface area (Å²) in [5.74, 6) is 1.54. The molecule has 2 atom stereocenters. The molecule has 0 bridgehead atoms. The second-order valence-electron chi connectivity index (χ2n) is 7.56. The molecule has 0 saturated carbocycles. The number of hydrogen-bond donors (Lipinski definition) is 2. The fraction of sp³-hybridized carbons (Fsp3) is 0.667. The fourth-order valence-electron chi connectivity index (χ4n) is 3.34. The molecule has 0 aromatic heterocycles. The van der Waals surface area contributed by atoms with Gasteiger partial charge in [-0.15, -0.1) is 0 Å². The average Bonchev–Trinajstić information content (AvgIpc) is 2.68. The SMILES string of the molecule is CCN1CCN(CC(C)CNC(=NC)NCC(C)Oc2cccc(F)c2)CC1. The van der Waals surface area contributed by atoms with Gasteiger partial charge in [-0.2, -0.15) is 0 Å². The number of nitrogens with zero attached hydrogens (tertiary/aromatic N) is 3. The molecule has 1 aliphatic rings. The van der Waals surface area contributed by atoms with Crippen molar-refractivity contribution in [1.29, 1.82) is 0 Å². The minimum absolute atomic E-state index is 0.104. The van der Waals surface area contributed by atoms with Gasteiger partial charge in [-0.05, 0) is 31.5 Å². The van der Waals surface area contributed by atoms with Gasteiger partial charge in [0.15, 0.2) is 5.96 Å². The Morgan fingerprint density at radius 1 is 1.14 bits per heavy atom. The van der Waals surface area contributed by atoms with Crippen molar-refractivity contribution in [3.05, 3.63) is 30.1 Å². The quantitative estimate of drug-likeness (QED) is 0.497. The van der Waals surface area contributed by atoms with E-state index in [1.54, 1.807) is 19.2 Å². The molecular weight excluding hydrogens is 357 g/mol. The maximum absolute atomic E-state index is 13.2. The molecular formula is C21H36FN5O. The monoisotopic (exact) mass is 393 g/mol. The molecule has 2 rings (SSSR count). The lowest BCUT2D eigenvalue weighted by Gasteiger charge is -2.35. The van der Waals surface area contributed by atoms with Crippen molar-refractivity contribution < 1.29 is 9.13 Å². The Morgan fingerprint density at radius 2 is 1.82 bits per heavy atom. The van der Waals surface area contributed by atoms with Crippen LogP contribution < -0.4 is 15.4 Å². The summed E-state index contributed by atoms with van der Waals surface area (Å²) in [4.78, 5) is 9.32. The lowest BCUT2D eigenvalue weighted by atomic mass is 10.1. The third kappa shape index (κ3) is 8.02. The molecule has 1 fully saturated rings. The fourth-order valence-corrected chi connectivity index (χ4v) is 3.34. The van der Waals surface area contributed by atoms with Crippen molar-refractivity contribution in [2.24, 2.45) is 10.9 Å². The van der Waals surface area contributed by atoms with E-state index in [2.05, 4.69) is 39.3 Å². The maximum atomic E-state index is 13.2. The van der Waals surface area contributed by atoms with E-state index in [0.29, 0.717) is 18.2 Å². The Balaban J connectivity index is 1.65. The number of nitrogens with one attached hydrogen (secondary N) is 2. The molecule has 1 aromatic carbocycles. The zero-order valence-corrected chi connectivity index (χ0v) is 17.7. The Hall–Kier alpha value is -1.86. The van der Waals surface area contributed by atoms with Crippen LogP contribution in [-0.2, 0) is 0 Å². The second-order valence-corrected chi connectivity index (χ2v) is 7.56. The van der Waals surface area contributed by atoms with Crippen LogP contribution in [0.5, 0.6) is 5.75 Å². The Morgan fingerprint density at radius 3 is 2.46 bits per heavy atom. The predicted octanol–water partition coefficient (Wildman–Crippen LogP) is 2.03. The molecule has 1 heterocycles. The van der Waals surface area contributed by atoms with Crippen molar-refractivity contribution in [2.75, 3.05) is 59.4 Å². The summed E-state index contributed by atoms with van der Waals surface area (Å²) in [7, 11) is 1.77. The van der Waals surface area contributed by atoms with E-state index < -0.39 is 0 Å². The number of halogens is 1. The highest BCUT2D eigenvalue weighted by Gasteiger charge is 2.17. The molecule has 158 valence electrons. The first-order chi connectivity index (χ1) is 13.5. The van der Waals surface area contributed by atoms with E-state index in [9.17, 15) is 4.39 Å². The van der Waals surface area contributed by atoms with Crippen LogP contribution in [0, 0.1) is 11.7 Å². The average molecular weight is 394 g/mol. The van der Waals surface area contributed by atoms with Gasteiger partial charge in [-0.3, -0.25) is 4.99 Å². The van der Waals surface area contributed by atoms with E-state index in [1.807, 2.05) is 6.92 Å². The molecule has 0 radical (unpaired) electrons. The van der Waals surface area contributed by atoms with Gasteiger partial charge in [0.05, 0.1) is 6.54 Å². The van der Waals surface area contributed by atoms with E-state index in [0.717, 1.165) is 38.7 Å². The molecule has 0 aliphatic carbocycles. The zero-order valence-electron chi connectivity index (χ0n) is 17.7. The van der Waals surface area contributed by atoms with Gasteiger partial charge in [0, 0.05) is 52.4 Å². The number of guanidine groups is 1. The lowest BCUT2D eigenvalue weighted by Crippen LogP contribution is -2.49. The molecule has 0 spiro atoms.